The predicted octanol–water partition coefficient (Wildman–Crippen LogP) is 2.00. The average molecular weight is 420 g/mol. The molecule has 164 valence electrons. The molecule has 0 N–H and O–H groups in total. The standard InChI is InChI=1S/C22H28O8/c1-10-7-15-18(11(2)19(24)27-15)16(28-20(25)22(6)12(3)29-22)9-21(5)17(30-21)8-14(10)26-13(4)23/h7,12,14-18H,2,8-9H2,1,3-6H3/b10-7-/t12-,14+,15-,16-,17-,18+,21+,22+/m1/s1. The third-order valence-corrected chi connectivity index (χ3v) is 6.78. The Balaban J connectivity index is 1.67. The van der Waals surface area contributed by atoms with Crippen LogP contribution in [0.25, 0.3) is 0 Å². The minimum Gasteiger partial charge on any atom is -0.459 e. The number of rotatable bonds is 3. The molecule has 3 fully saturated rings. The van der Waals surface area contributed by atoms with Gasteiger partial charge in [-0.05, 0) is 39.3 Å². The van der Waals surface area contributed by atoms with Crippen LogP contribution in [0.15, 0.2) is 23.8 Å². The van der Waals surface area contributed by atoms with Gasteiger partial charge in [0.15, 0.2) is 5.60 Å². The number of fused-ring (bicyclic) bond motifs is 2. The first-order chi connectivity index (χ1) is 13.9. The van der Waals surface area contributed by atoms with Gasteiger partial charge in [-0.3, -0.25) is 4.79 Å². The third kappa shape index (κ3) is 3.56. The molecule has 8 atom stereocenters. The van der Waals surface area contributed by atoms with Gasteiger partial charge in [0.05, 0.1) is 23.7 Å². The van der Waals surface area contributed by atoms with Gasteiger partial charge in [-0.15, -0.1) is 0 Å². The number of esters is 3. The molecule has 0 aromatic rings. The largest absolute Gasteiger partial charge is 0.459 e. The van der Waals surface area contributed by atoms with Crippen molar-refractivity contribution in [3.8, 4) is 0 Å². The molecule has 8 heteroatoms. The molecule has 0 spiro atoms. The fourth-order valence-electron chi connectivity index (χ4n) is 4.48. The Bertz CT molecular complexity index is 846. The molecule has 3 saturated heterocycles. The zero-order valence-corrected chi connectivity index (χ0v) is 17.9. The first kappa shape index (κ1) is 21.1. The highest BCUT2D eigenvalue weighted by atomic mass is 16.7. The van der Waals surface area contributed by atoms with Crippen LogP contribution in [0, 0.1) is 5.92 Å². The van der Waals surface area contributed by atoms with Crippen LogP contribution in [-0.2, 0) is 38.1 Å². The number of carbonyl (C=O) groups excluding carboxylic acids is 3. The van der Waals surface area contributed by atoms with Gasteiger partial charge in [0.1, 0.15) is 18.3 Å². The zero-order valence-electron chi connectivity index (χ0n) is 17.9. The summed E-state index contributed by atoms with van der Waals surface area (Å²) < 4.78 is 28.3. The van der Waals surface area contributed by atoms with Crippen LogP contribution in [0.2, 0.25) is 0 Å². The summed E-state index contributed by atoms with van der Waals surface area (Å²) in [6.07, 6.45) is 0.384. The van der Waals surface area contributed by atoms with Crippen molar-refractivity contribution in [2.24, 2.45) is 5.92 Å². The van der Waals surface area contributed by atoms with Crippen LogP contribution < -0.4 is 0 Å². The highest BCUT2D eigenvalue weighted by Gasteiger charge is 2.61. The first-order valence-corrected chi connectivity index (χ1v) is 10.3. The molecule has 30 heavy (non-hydrogen) atoms. The fourth-order valence-corrected chi connectivity index (χ4v) is 4.48. The van der Waals surface area contributed by atoms with E-state index in [1.165, 1.54) is 6.92 Å². The van der Waals surface area contributed by atoms with Crippen molar-refractivity contribution in [2.75, 3.05) is 0 Å². The van der Waals surface area contributed by atoms with Gasteiger partial charge in [-0.1, -0.05) is 6.58 Å². The van der Waals surface area contributed by atoms with Gasteiger partial charge in [0.2, 0.25) is 0 Å². The number of carbonyl (C=O) groups is 3. The molecule has 3 heterocycles. The maximum atomic E-state index is 12.8. The second-order valence-corrected chi connectivity index (χ2v) is 9.10. The summed E-state index contributed by atoms with van der Waals surface area (Å²) in [5, 5.41) is 0. The van der Waals surface area contributed by atoms with Crippen molar-refractivity contribution in [1.29, 1.82) is 0 Å². The van der Waals surface area contributed by atoms with Gasteiger partial charge in [-0.25, -0.2) is 9.59 Å². The molecule has 3 aliphatic heterocycles. The quantitative estimate of drug-likeness (QED) is 0.225. The molecule has 0 unspecified atom stereocenters. The summed E-state index contributed by atoms with van der Waals surface area (Å²) in [5.74, 6) is -1.96. The molecule has 4 rings (SSSR count). The fraction of sp³-hybridized carbons (Fsp3) is 0.682. The van der Waals surface area contributed by atoms with Crippen molar-refractivity contribution in [3.05, 3.63) is 23.8 Å². The van der Waals surface area contributed by atoms with E-state index < -0.39 is 53.3 Å². The van der Waals surface area contributed by atoms with Crippen molar-refractivity contribution in [3.63, 3.8) is 0 Å². The highest BCUT2D eigenvalue weighted by molar-refractivity contribution is 5.91. The lowest BCUT2D eigenvalue weighted by Gasteiger charge is -2.30. The van der Waals surface area contributed by atoms with E-state index in [0.717, 1.165) is 5.57 Å². The van der Waals surface area contributed by atoms with Crippen LogP contribution >= 0.6 is 0 Å². The Labute approximate surface area is 175 Å². The molecule has 4 aliphatic rings. The van der Waals surface area contributed by atoms with Crippen LogP contribution in [0.4, 0.5) is 0 Å². The van der Waals surface area contributed by atoms with Crippen molar-refractivity contribution in [1.82, 2.24) is 0 Å². The Hall–Kier alpha value is -2.19. The maximum Gasteiger partial charge on any atom is 0.341 e. The van der Waals surface area contributed by atoms with E-state index in [2.05, 4.69) is 6.58 Å². The van der Waals surface area contributed by atoms with E-state index in [-0.39, 0.29) is 17.8 Å². The molecule has 1 aliphatic carbocycles. The topological polar surface area (TPSA) is 104 Å². The minimum absolute atomic E-state index is 0.166. The SMILES string of the molecule is C=C1C(=O)O[C@@H]2/C=C(/C)[C@@H](OC(C)=O)C[C@H]3O[C@@]3(C)C[C@@H](OC(=O)[C@@]3(C)O[C@@H]3C)[C@@H]12. The summed E-state index contributed by atoms with van der Waals surface area (Å²) in [4.78, 5) is 36.7. The number of epoxide rings is 2. The molecule has 0 aromatic carbocycles. The Morgan fingerprint density at radius 2 is 1.90 bits per heavy atom. The average Bonchev–Trinajstić information content (AvgIpc) is 3.43. The second-order valence-electron chi connectivity index (χ2n) is 9.10. The van der Waals surface area contributed by atoms with Gasteiger partial charge in [0, 0.05) is 25.3 Å². The van der Waals surface area contributed by atoms with Gasteiger partial charge in [-0.2, -0.15) is 0 Å². The van der Waals surface area contributed by atoms with E-state index >= 15 is 0 Å². The molecule has 0 aromatic heterocycles. The van der Waals surface area contributed by atoms with Gasteiger partial charge in [0.25, 0.3) is 0 Å². The molecular formula is C22H28O8. The smallest absolute Gasteiger partial charge is 0.341 e. The van der Waals surface area contributed by atoms with Crippen molar-refractivity contribution in [2.45, 2.75) is 89.2 Å². The number of hydrogen-bond acceptors (Lipinski definition) is 8. The Morgan fingerprint density at radius 3 is 2.50 bits per heavy atom. The lowest BCUT2D eigenvalue weighted by Crippen LogP contribution is -2.40. The van der Waals surface area contributed by atoms with Crippen molar-refractivity contribution >= 4 is 17.9 Å². The molecule has 0 saturated carbocycles. The van der Waals surface area contributed by atoms with Crippen LogP contribution in [-0.4, -0.2) is 59.6 Å². The summed E-state index contributed by atoms with van der Waals surface area (Å²) in [7, 11) is 0. The molecule has 8 nitrogen and oxygen atoms in total. The molecular weight excluding hydrogens is 392 g/mol. The lowest BCUT2D eigenvalue weighted by atomic mass is 9.82. The normalized spacial score (nSPS) is 46.5. The summed E-state index contributed by atoms with van der Waals surface area (Å²) in [6, 6.07) is 0. The maximum absolute atomic E-state index is 12.8. The lowest BCUT2D eigenvalue weighted by molar-refractivity contribution is -0.159. The summed E-state index contributed by atoms with van der Waals surface area (Å²) in [5.41, 5.74) is -0.554. The molecule has 0 amide bonds. The van der Waals surface area contributed by atoms with Crippen molar-refractivity contribution < 1.29 is 38.1 Å². The van der Waals surface area contributed by atoms with Gasteiger partial charge < -0.3 is 23.7 Å². The number of ether oxygens (including phenoxy) is 5. The van der Waals surface area contributed by atoms with E-state index in [9.17, 15) is 14.4 Å². The number of hydrogen-bond donors (Lipinski definition) is 0. The first-order valence-electron chi connectivity index (χ1n) is 10.3. The zero-order chi connectivity index (χ0) is 22.0. The highest BCUT2D eigenvalue weighted by Crippen LogP contribution is 2.49. The molecule has 0 bridgehead atoms. The monoisotopic (exact) mass is 420 g/mol. The van der Waals surface area contributed by atoms with Crippen LogP contribution in [0.3, 0.4) is 0 Å². The van der Waals surface area contributed by atoms with E-state index in [1.54, 1.807) is 19.9 Å². The predicted molar refractivity (Wildman–Crippen MR) is 103 cm³/mol. The van der Waals surface area contributed by atoms with E-state index in [4.69, 9.17) is 23.7 Å². The van der Waals surface area contributed by atoms with E-state index in [1.807, 2.05) is 13.8 Å². The Kier molecular flexibility index (Phi) is 4.86. The van der Waals surface area contributed by atoms with Crippen LogP contribution in [0.5, 0.6) is 0 Å². The third-order valence-electron chi connectivity index (χ3n) is 6.78. The van der Waals surface area contributed by atoms with Gasteiger partial charge >= 0.3 is 17.9 Å². The Morgan fingerprint density at radius 1 is 1.23 bits per heavy atom. The molecule has 0 radical (unpaired) electrons. The summed E-state index contributed by atoms with van der Waals surface area (Å²) >= 11 is 0. The minimum atomic E-state index is -0.980. The second kappa shape index (κ2) is 6.92. The van der Waals surface area contributed by atoms with Crippen LogP contribution in [0.1, 0.15) is 47.5 Å². The summed E-state index contributed by atoms with van der Waals surface area (Å²) in [6.45, 7) is 12.5. The van der Waals surface area contributed by atoms with E-state index in [0.29, 0.717) is 12.8 Å².